The van der Waals surface area contributed by atoms with Gasteiger partial charge in [0.15, 0.2) is 6.29 Å². The van der Waals surface area contributed by atoms with Crippen molar-refractivity contribution in [2.75, 3.05) is 0 Å². The molecule has 0 aliphatic heterocycles. The standard InChI is InChI=1S/C11H9N5O/c1-7-4-8-10(13-7)9(5-17)15-11(14-8)16-3-2-12-6-16/h2-6,13H,1H3. The second kappa shape index (κ2) is 3.51. The molecule has 0 unspecified atom stereocenters. The Morgan fingerprint density at radius 1 is 1.41 bits per heavy atom. The van der Waals surface area contributed by atoms with Gasteiger partial charge in [0.2, 0.25) is 5.95 Å². The van der Waals surface area contributed by atoms with Crippen LogP contribution in [0.4, 0.5) is 0 Å². The largest absolute Gasteiger partial charge is 0.355 e. The first kappa shape index (κ1) is 9.71. The highest BCUT2D eigenvalue weighted by Gasteiger charge is 2.10. The average molecular weight is 227 g/mol. The second-order valence-electron chi connectivity index (χ2n) is 3.71. The molecular formula is C11H9N5O. The van der Waals surface area contributed by atoms with Crippen LogP contribution in [0.1, 0.15) is 16.2 Å². The van der Waals surface area contributed by atoms with Gasteiger partial charge in [0, 0.05) is 18.1 Å². The normalized spacial score (nSPS) is 10.9. The molecule has 0 fully saturated rings. The molecule has 0 aliphatic rings. The third kappa shape index (κ3) is 1.50. The van der Waals surface area contributed by atoms with Crippen LogP contribution in [0.3, 0.4) is 0 Å². The third-order valence-electron chi connectivity index (χ3n) is 2.48. The summed E-state index contributed by atoms with van der Waals surface area (Å²) in [6.07, 6.45) is 5.68. The number of nitrogens with one attached hydrogen (secondary N) is 1. The van der Waals surface area contributed by atoms with E-state index in [9.17, 15) is 4.79 Å². The van der Waals surface area contributed by atoms with Crippen molar-refractivity contribution in [3.63, 3.8) is 0 Å². The quantitative estimate of drug-likeness (QED) is 0.669. The van der Waals surface area contributed by atoms with Crippen molar-refractivity contribution in [1.82, 2.24) is 24.5 Å². The number of rotatable bonds is 2. The van der Waals surface area contributed by atoms with Crippen LogP contribution >= 0.6 is 0 Å². The maximum absolute atomic E-state index is 11.0. The van der Waals surface area contributed by atoms with Gasteiger partial charge in [-0.2, -0.15) is 0 Å². The minimum absolute atomic E-state index is 0.354. The van der Waals surface area contributed by atoms with E-state index in [2.05, 4.69) is 19.9 Å². The predicted octanol–water partition coefficient (Wildman–Crippen LogP) is 1.26. The number of carbonyl (C=O) groups is 1. The maximum Gasteiger partial charge on any atom is 0.236 e. The van der Waals surface area contributed by atoms with Crippen molar-refractivity contribution < 1.29 is 4.79 Å². The Kier molecular flexibility index (Phi) is 2.01. The van der Waals surface area contributed by atoms with Crippen LogP contribution in [-0.2, 0) is 0 Å². The van der Waals surface area contributed by atoms with E-state index in [4.69, 9.17) is 0 Å². The van der Waals surface area contributed by atoms with Gasteiger partial charge in [0.05, 0.1) is 11.0 Å². The lowest BCUT2D eigenvalue weighted by Crippen LogP contribution is -2.02. The number of aldehydes is 1. The minimum Gasteiger partial charge on any atom is -0.355 e. The van der Waals surface area contributed by atoms with Crippen LogP contribution in [0.15, 0.2) is 24.8 Å². The Bertz CT molecular complexity index is 683. The van der Waals surface area contributed by atoms with Crippen LogP contribution in [0.5, 0.6) is 0 Å². The lowest BCUT2D eigenvalue weighted by atomic mass is 10.3. The number of carbonyl (C=O) groups excluding carboxylic acids is 1. The highest BCUT2D eigenvalue weighted by molar-refractivity contribution is 5.92. The molecule has 0 saturated carbocycles. The molecule has 0 radical (unpaired) electrons. The number of aromatic nitrogens is 5. The molecule has 17 heavy (non-hydrogen) atoms. The lowest BCUT2D eigenvalue weighted by Gasteiger charge is -2.01. The van der Waals surface area contributed by atoms with E-state index in [1.807, 2.05) is 13.0 Å². The molecule has 3 rings (SSSR count). The van der Waals surface area contributed by atoms with Crippen molar-refractivity contribution >= 4 is 17.3 Å². The third-order valence-corrected chi connectivity index (χ3v) is 2.48. The van der Waals surface area contributed by atoms with E-state index in [0.29, 0.717) is 17.2 Å². The zero-order valence-electron chi connectivity index (χ0n) is 9.08. The average Bonchev–Trinajstić information content (AvgIpc) is 2.94. The van der Waals surface area contributed by atoms with Gasteiger partial charge in [-0.3, -0.25) is 9.36 Å². The van der Waals surface area contributed by atoms with Gasteiger partial charge in [0.25, 0.3) is 0 Å². The van der Waals surface area contributed by atoms with Gasteiger partial charge in [-0.05, 0) is 13.0 Å². The molecule has 6 nitrogen and oxygen atoms in total. The summed E-state index contributed by atoms with van der Waals surface area (Å²) in [5.74, 6) is 0.441. The first-order valence-corrected chi connectivity index (χ1v) is 5.09. The van der Waals surface area contributed by atoms with Crippen LogP contribution in [0, 0.1) is 6.92 Å². The molecule has 0 atom stereocenters. The Labute approximate surface area is 96.3 Å². The Balaban J connectivity index is 2.31. The summed E-state index contributed by atoms with van der Waals surface area (Å²) in [5.41, 5.74) is 2.69. The molecule has 0 aliphatic carbocycles. The summed E-state index contributed by atoms with van der Waals surface area (Å²) in [7, 11) is 0. The summed E-state index contributed by atoms with van der Waals surface area (Å²) >= 11 is 0. The first-order chi connectivity index (χ1) is 8.28. The molecule has 3 aromatic heterocycles. The molecule has 0 aromatic carbocycles. The number of fused-ring (bicyclic) bond motifs is 1. The van der Waals surface area contributed by atoms with E-state index in [1.54, 1.807) is 23.3 Å². The van der Waals surface area contributed by atoms with Crippen LogP contribution in [0.2, 0.25) is 0 Å². The number of hydrogen-bond donors (Lipinski definition) is 1. The molecule has 0 saturated heterocycles. The number of aryl methyl sites for hydroxylation is 1. The molecule has 3 heterocycles. The summed E-state index contributed by atoms with van der Waals surface area (Å²) in [5, 5.41) is 0. The van der Waals surface area contributed by atoms with E-state index in [1.165, 1.54) is 0 Å². The second-order valence-corrected chi connectivity index (χ2v) is 3.71. The zero-order valence-corrected chi connectivity index (χ0v) is 9.08. The highest BCUT2D eigenvalue weighted by Crippen LogP contribution is 2.16. The Hall–Kier alpha value is -2.50. The fraction of sp³-hybridized carbons (Fsp3) is 0.0909. The topological polar surface area (TPSA) is 76.5 Å². The van der Waals surface area contributed by atoms with Crippen molar-refractivity contribution in [3.8, 4) is 5.95 Å². The minimum atomic E-state index is 0.354. The van der Waals surface area contributed by atoms with Crippen LogP contribution in [-0.4, -0.2) is 30.8 Å². The maximum atomic E-state index is 11.0. The van der Waals surface area contributed by atoms with Crippen molar-refractivity contribution in [1.29, 1.82) is 0 Å². The molecule has 3 aromatic rings. The summed E-state index contributed by atoms with van der Waals surface area (Å²) in [6.45, 7) is 1.91. The number of hydrogen-bond acceptors (Lipinski definition) is 4. The van der Waals surface area contributed by atoms with Crippen molar-refractivity contribution in [2.24, 2.45) is 0 Å². The van der Waals surface area contributed by atoms with Crippen LogP contribution in [0.25, 0.3) is 17.0 Å². The van der Waals surface area contributed by atoms with Gasteiger partial charge in [0.1, 0.15) is 12.0 Å². The van der Waals surface area contributed by atoms with E-state index in [-0.39, 0.29) is 0 Å². The van der Waals surface area contributed by atoms with E-state index >= 15 is 0 Å². The summed E-state index contributed by atoms with van der Waals surface area (Å²) in [6, 6.07) is 1.88. The Morgan fingerprint density at radius 3 is 3.00 bits per heavy atom. The van der Waals surface area contributed by atoms with Gasteiger partial charge in [-0.15, -0.1) is 0 Å². The molecular weight excluding hydrogens is 218 g/mol. The SMILES string of the molecule is Cc1cc2nc(-n3ccnc3)nc(C=O)c2[nH]1. The zero-order chi connectivity index (χ0) is 11.8. The van der Waals surface area contributed by atoms with E-state index < -0.39 is 0 Å². The fourth-order valence-electron chi connectivity index (χ4n) is 1.73. The lowest BCUT2D eigenvalue weighted by molar-refractivity contribution is 0.112. The number of aromatic amines is 1. The molecule has 84 valence electrons. The summed E-state index contributed by atoms with van der Waals surface area (Å²) < 4.78 is 1.66. The predicted molar refractivity (Wildman–Crippen MR) is 61.1 cm³/mol. The van der Waals surface area contributed by atoms with Crippen LogP contribution < -0.4 is 0 Å². The van der Waals surface area contributed by atoms with Gasteiger partial charge in [-0.25, -0.2) is 15.0 Å². The number of nitrogens with zero attached hydrogens (tertiary/aromatic N) is 4. The number of imidazole rings is 1. The van der Waals surface area contributed by atoms with E-state index in [0.717, 1.165) is 17.5 Å². The monoisotopic (exact) mass is 227 g/mol. The van der Waals surface area contributed by atoms with Gasteiger partial charge in [-0.1, -0.05) is 0 Å². The number of H-pyrrole nitrogens is 1. The molecule has 6 heteroatoms. The molecule has 0 amide bonds. The molecule has 1 N–H and O–H groups in total. The first-order valence-electron chi connectivity index (χ1n) is 5.09. The highest BCUT2D eigenvalue weighted by atomic mass is 16.1. The van der Waals surface area contributed by atoms with Gasteiger partial charge < -0.3 is 4.98 Å². The molecule has 0 spiro atoms. The fourth-order valence-corrected chi connectivity index (χ4v) is 1.73. The summed E-state index contributed by atoms with van der Waals surface area (Å²) in [4.78, 5) is 26.6. The van der Waals surface area contributed by atoms with Gasteiger partial charge >= 0.3 is 0 Å². The van der Waals surface area contributed by atoms with Crippen molar-refractivity contribution in [2.45, 2.75) is 6.92 Å². The van der Waals surface area contributed by atoms with Crippen molar-refractivity contribution in [3.05, 3.63) is 36.2 Å². The molecule has 0 bridgehead atoms. The smallest absolute Gasteiger partial charge is 0.236 e. The Morgan fingerprint density at radius 2 is 2.29 bits per heavy atom.